The minimum atomic E-state index is -0.276. The third-order valence-corrected chi connectivity index (χ3v) is 4.07. The maximum absolute atomic E-state index is 12.2. The molecule has 3 rings (SSSR count). The standard InChI is InChI=1S/C18H21N5O2/c1-12-6-4-5-7-16(12)23-17(9-11-20-23)21-18(24)19-10-8-15-13(2)22-25-14(15)3/h4-7,9,11H,8,10H2,1-3H3,(H2,19,21,24). The Morgan fingerprint density at radius 2 is 2.00 bits per heavy atom. The van der Waals surface area contributed by atoms with Gasteiger partial charge in [-0.15, -0.1) is 0 Å². The van der Waals surface area contributed by atoms with Crippen LogP contribution in [-0.2, 0) is 6.42 Å². The molecule has 7 heteroatoms. The topological polar surface area (TPSA) is 85.0 Å². The average molecular weight is 339 g/mol. The van der Waals surface area contributed by atoms with Crippen LogP contribution in [0.25, 0.3) is 5.69 Å². The van der Waals surface area contributed by atoms with Crippen molar-refractivity contribution in [2.45, 2.75) is 27.2 Å². The van der Waals surface area contributed by atoms with Gasteiger partial charge < -0.3 is 9.84 Å². The summed E-state index contributed by atoms with van der Waals surface area (Å²) in [6.07, 6.45) is 2.33. The number of carbonyl (C=O) groups is 1. The fraction of sp³-hybridized carbons (Fsp3) is 0.278. The summed E-state index contributed by atoms with van der Waals surface area (Å²) in [7, 11) is 0. The number of benzene rings is 1. The monoisotopic (exact) mass is 339 g/mol. The van der Waals surface area contributed by atoms with Crippen LogP contribution >= 0.6 is 0 Å². The van der Waals surface area contributed by atoms with Crippen LogP contribution in [0.4, 0.5) is 10.6 Å². The number of carbonyl (C=O) groups excluding carboxylic acids is 1. The van der Waals surface area contributed by atoms with E-state index in [4.69, 9.17) is 4.52 Å². The van der Waals surface area contributed by atoms with Crippen LogP contribution in [-0.4, -0.2) is 27.5 Å². The number of urea groups is 1. The Morgan fingerprint density at radius 3 is 2.72 bits per heavy atom. The SMILES string of the molecule is Cc1ccccc1-n1nccc1NC(=O)NCCc1c(C)noc1C. The predicted octanol–water partition coefficient (Wildman–Crippen LogP) is 3.15. The quantitative estimate of drug-likeness (QED) is 0.748. The van der Waals surface area contributed by atoms with Gasteiger partial charge in [-0.1, -0.05) is 23.4 Å². The van der Waals surface area contributed by atoms with Crippen molar-refractivity contribution in [3.05, 3.63) is 59.1 Å². The molecular weight excluding hydrogens is 318 g/mol. The minimum absolute atomic E-state index is 0.276. The lowest BCUT2D eigenvalue weighted by Crippen LogP contribution is -2.31. The van der Waals surface area contributed by atoms with Crippen molar-refractivity contribution in [1.82, 2.24) is 20.3 Å². The molecule has 0 aliphatic heterocycles. The zero-order valence-corrected chi connectivity index (χ0v) is 14.5. The predicted molar refractivity (Wildman–Crippen MR) is 95.0 cm³/mol. The van der Waals surface area contributed by atoms with Gasteiger partial charge in [0.05, 0.1) is 17.6 Å². The third-order valence-electron chi connectivity index (χ3n) is 4.07. The number of anilines is 1. The number of hydrogen-bond acceptors (Lipinski definition) is 4. The van der Waals surface area contributed by atoms with Crippen LogP contribution in [0.5, 0.6) is 0 Å². The summed E-state index contributed by atoms with van der Waals surface area (Å²) in [6, 6.07) is 9.37. The summed E-state index contributed by atoms with van der Waals surface area (Å²) in [5.41, 5.74) is 3.90. The summed E-state index contributed by atoms with van der Waals surface area (Å²) < 4.78 is 6.84. The molecule has 0 atom stereocenters. The van der Waals surface area contributed by atoms with Gasteiger partial charge in [0.25, 0.3) is 0 Å². The number of amides is 2. The maximum Gasteiger partial charge on any atom is 0.320 e. The molecule has 0 aliphatic rings. The Labute approximate surface area is 146 Å². The van der Waals surface area contributed by atoms with Crippen LogP contribution in [0.1, 0.15) is 22.6 Å². The van der Waals surface area contributed by atoms with E-state index in [-0.39, 0.29) is 6.03 Å². The Balaban J connectivity index is 1.61. The van der Waals surface area contributed by atoms with Crippen molar-refractivity contribution >= 4 is 11.8 Å². The highest BCUT2D eigenvalue weighted by Crippen LogP contribution is 2.18. The molecule has 0 bridgehead atoms. The van der Waals surface area contributed by atoms with Crippen LogP contribution in [0.15, 0.2) is 41.1 Å². The highest BCUT2D eigenvalue weighted by atomic mass is 16.5. The van der Waals surface area contributed by atoms with E-state index in [2.05, 4.69) is 20.9 Å². The van der Waals surface area contributed by atoms with Crippen LogP contribution in [0.3, 0.4) is 0 Å². The van der Waals surface area contributed by atoms with Crippen molar-refractivity contribution < 1.29 is 9.32 Å². The van der Waals surface area contributed by atoms with E-state index in [0.29, 0.717) is 18.8 Å². The molecule has 0 radical (unpaired) electrons. The third kappa shape index (κ3) is 3.71. The van der Waals surface area contributed by atoms with Crippen LogP contribution in [0, 0.1) is 20.8 Å². The largest absolute Gasteiger partial charge is 0.361 e. The molecule has 0 saturated carbocycles. The number of aromatic nitrogens is 3. The molecule has 2 heterocycles. The van der Waals surface area contributed by atoms with E-state index in [1.54, 1.807) is 16.9 Å². The summed E-state index contributed by atoms with van der Waals surface area (Å²) in [6.45, 7) is 6.26. The van der Waals surface area contributed by atoms with Gasteiger partial charge in [0.15, 0.2) is 0 Å². The number of para-hydroxylation sites is 1. The maximum atomic E-state index is 12.2. The van der Waals surface area contributed by atoms with Gasteiger partial charge in [0, 0.05) is 18.2 Å². The summed E-state index contributed by atoms with van der Waals surface area (Å²) in [4.78, 5) is 12.2. The first-order valence-electron chi connectivity index (χ1n) is 8.13. The Hall–Kier alpha value is -3.09. The van der Waals surface area contributed by atoms with E-state index in [1.165, 1.54) is 0 Å². The van der Waals surface area contributed by atoms with Gasteiger partial charge in [-0.3, -0.25) is 5.32 Å². The van der Waals surface area contributed by atoms with E-state index in [9.17, 15) is 4.79 Å². The second kappa shape index (κ2) is 7.21. The zero-order chi connectivity index (χ0) is 17.8. The first-order chi connectivity index (χ1) is 12.1. The van der Waals surface area contributed by atoms with Crippen LogP contribution < -0.4 is 10.6 Å². The van der Waals surface area contributed by atoms with Gasteiger partial charge in [-0.2, -0.15) is 5.10 Å². The fourth-order valence-corrected chi connectivity index (χ4v) is 2.71. The first-order valence-corrected chi connectivity index (χ1v) is 8.13. The van der Waals surface area contributed by atoms with Crippen molar-refractivity contribution in [2.75, 3.05) is 11.9 Å². The Kier molecular flexibility index (Phi) is 4.83. The smallest absolute Gasteiger partial charge is 0.320 e. The number of aryl methyl sites for hydroxylation is 3. The molecular formula is C18H21N5O2. The molecule has 130 valence electrons. The minimum Gasteiger partial charge on any atom is -0.361 e. The van der Waals surface area contributed by atoms with E-state index < -0.39 is 0 Å². The molecule has 2 aromatic heterocycles. The molecule has 2 N–H and O–H groups in total. The number of hydrogen-bond donors (Lipinski definition) is 2. The van der Waals surface area contributed by atoms with Gasteiger partial charge in [-0.05, 0) is 38.8 Å². The molecule has 25 heavy (non-hydrogen) atoms. The normalized spacial score (nSPS) is 10.7. The second-order valence-electron chi connectivity index (χ2n) is 5.85. The highest BCUT2D eigenvalue weighted by molar-refractivity contribution is 5.88. The van der Waals surface area contributed by atoms with Gasteiger partial charge in [0.2, 0.25) is 0 Å². The molecule has 7 nitrogen and oxygen atoms in total. The van der Waals surface area contributed by atoms with Gasteiger partial charge in [-0.25, -0.2) is 9.48 Å². The van der Waals surface area contributed by atoms with Crippen molar-refractivity contribution in [3.63, 3.8) is 0 Å². The number of nitrogens with zero attached hydrogens (tertiary/aromatic N) is 3. The second-order valence-corrected chi connectivity index (χ2v) is 5.85. The van der Waals surface area contributed by atoms with Crippen molar-refractivity contribution in [2.24, 2.45) is 0 Å². The number of rotatable bonds is 5. The van der Waals surface area contributed by atoms with E-state index >= 15 is 0 Å². The molecule has 0 spiro atoms. The summed E-state index contributed by atoms with van der Waals surface area (Å²) in [5.74, 6) is 1.40. The lowest BCUT2D eigenvalue weighted by atomic mass is 10.1. The zero-order valence-electron chi connectivity index (χ0n) is 14.5. The molecule has 3 aromatic rings. The van der Waals surface area contributed by atoms with Crippen molar-refractivity contribution in [1.29, 1.82) is 0 Å². The van der Waals surface area contributed by atoms with E-state index in [0.717, 1.165) is 28.3 Å². The van der Waals surface area contributed by atoms with Crippen LogP contribution in [0.2, 0.25) is 0 Å². The molecule has 0 saturated heterocycles. The highest BCUT2D eigenvalue weighted by Gasteiger charge is 2.11. The van der Waals surface area contributed by atoms with Gasteiger partial charge in [0.1, 0.15) is 11.6 Å². The molecule has 0 unspecified atom stereocenters. The summed E-state index contributed by atoms with van der Waals surface area (Å²) >= 11 is 0. The fourth-order valence-electron chi connectivity index (χ4n) is 2.71. The first kappa shape index (κ1) is 16.8. The Morgan fingerprint density at radius 1 is 1.20 bits per heavy atom. The van der Waals surface area contributed by atoms with E-state index in [1.807, 2.05) is 45.0 Å². The molecule has 0 aliphatic carbocycles. The number of nitrogens with one attached hydrogen (secondary N) is 2. The Bertz CT molecular complexity index is 862. The average Bonchev–Trinajstić information content (AvgIpc) is 3.16. The lowest BCUT2D eigenvalue weighted by molar-refractivity contribution is 0.252. The summed E-state index contributed by atoms with van der Waals surface area (Å²) in [5, 5.41) is 13.9. The molecule has 0 fully saturated rings. The lowest BCUT2D eigenvalue weighted by Gasteiger charge is -2.11. The van der Waals surface area contributed by atoms with Crippen molar-refractivity contribution in [3.8, 4) is 5.69 Å². The van der Waals surface area contributed by atoms with Gasteiger partial charge >= 0.3 is 6.03 Å². The molecule has 2 amide bonds. The molecule has 1 aromatic carbocycles.